The molecule has 2 aliphatic heterocycles. The maximum Gasteiger partial charge on any atom is 0.252 e. The Labute approximate surface area is 874 Å². The first-order valence-electron chi connectivity index (χ1n) is 57.8. The van der Waals surface area contributed by atoms with Crippen molar-refractivity contribution < 1.29 is 19.2 Å². The van der Waals surface area contributed by atoms with Crippen molar-refractivity contribution in [3.8, 4) is 89.3 Å². The van der Waals surface area contributed by atoms with Crippen LogP contribution in [-0.2, 0) is 10.8 Å². The van der Waals surface area contributed by atoms with Gasteiger partial charge in [-0.3, -0.25) is 0 Å². The number of hydrogen-bond acceptors (Lipinski definition) is 2. The molecule has 0 saturated heterocycles. The highest BCUT2D eigenvalue weighted by molar-refractivity contribution is 7.00. The van der Waals surface area contributed by atoms with Crippen LogP contribution in [0.3, 0.4) is 0 Å². The number of anilines is 6. The summed E-state index contributed by atoms with van der Waals surface area (Å²) in [5.41, 5.74) is 28.4. The Kier molecular flexibility index (Phi) is 14.5. The Bertz CT molecular complexity index is 11400. The van der Waals surface area contributed by atoms with E-state index in [0.717, 1.165) is 220 Å². The van der Waals surface area contributed by atoms with E-state index in [9.17, 15) is 19.2 Å². The zero-order valence-corrected chi connectivity index (χ0v) is 81.5. The second kappa shape index (κ2) is 30.6. The summed E-state index contributed by atoms with van der Waals surface area (Å²) in [6, 6.07) is 127. The zero-order chi connectivity index (χ0) is 110. The molecule has 8 heteroatoms. The van der Waals surface area contributed by atoms with E-state index in [4.69, 9.17) is 0 Å². The molecule has 0 bridgehead atoms. The van der Waals surface area contributed by atoms with Crippen LogP contribution in [-0.4, -0.2) is 29.0 Å². The average molecular weight is 1900 g/mol. The maximum absolute atomic E-state index is 10.7. The second-order valence-corrected chi connectivity index (χ2v) is 42.3. The quantitative estimate of drug-likeness (QED) is 0.121. The fourth-order valence-electron chi connectivity index (χ4n) is 25.8. The molecule has 0 saturated carbocycles. The maximum atomic E-state index is 10.7. The van der Waals surface area contributed by atoms with Gasteiger partial charge in [0.05, 0.1) is 102 Å². The molecule has 692 valence electrons. The second-order valence-electron chi connectivity index (χ2n) is 42.3. The van der Waals surface area contributed by atoms with Gasteiger partial charge < -0.3 is 32.1 Å². The van der Waals surface area contributed by atoms with Crippen molar-refractivity contribution in [2.75, 3.05) is 9.80 Å². The summed E-state index contributed by atoms with van der Waals surface area (Å²) in [5.74, 6) is 0. The predicted octanol–water partition coefficient (Wildman–Crippen LogP) is 35.7. The molecule has 0 spiro atoms. The highest BCUT2D eigenvalue weighted by Crippen LogP contribution is 2.59. The molecule has 0 N–H and O–H groups in total. The Morgan fingerprint density at radius 2 is 0.527 bits per heavy atom. The summed E-state index contributed by atoms with van der Waals surface area (Å²) in [6.07, 6.45) is 0. The number of rotatable bonds is 11. The lowest BCUT2D eigenvalue weighted by atomic mass is 9.33. The fourth-order valence-corrected chi connectivity index (χ4v) is 25.8. The number of aromatic nitrogens is 5. The van der Waals surface area contributed by atoms with Crippen LogP contribution < -0.4 is 26.2 Å². The van der Waals surface area contributed by atoms with Gasteiger partial charge in [-0.15, -0.1) is 0 Å². The van der Waals surface area contributed by atoms with Gasteiger partial charge in [0, 0.05) is 143 Å². The first kappa shape index (κ1) is 70.2. The molecule has 10 heterocycles. The van der Waals surface area contributed by atoms with E-state index in [1.165, 1.54) is 0 Å². The van der Waals surface area contributed by atoms with Crippen LogP contribution in [0.5, 0.6) is 0 Å². The number of benzene rings is 22. The van der Waals surface area contributed by atoms with Gasteiger partial charge in [-0.05, 0) is 246 Å². The topological polar surface area (TPSA) is 29.6 Å². The Hall–Kier alpha value is -18.5. The molecule has 148 heavy (non-hydrogen) atoms. The third kappa shape index (κ3) is 11.6. The van der Waals surface area contributed by atoms with Crippen LogP contribution in [0.15, 0.2) is 461 Å². The van der Waals surface area contributed by atoms with E-state index in [0.29, 0.717) is 33.9 Å². The highest BCUT2D eigenvalue weighted by Gasteiger charge is 2.48. The van der Waals surface area contributed by atoms with Crippen molar-refractivity contribution in [2.24, 2.45) is 0 Å². The SMILES string of the molecule is [2H]c1c([2H])c([2H])c2c(c1[2H])c1c(-c3ccccc3)c([2H])c([2H])c([2H])c1n2-c1ccc2c(c1)N(c1c(-c3cc4c5ccccc5n5c6ccccc6c(c3)c45)cccc1-c1cc3c4ccccc4n4c5ccccc5c(c1)c34)c1cc(C(C)(C)C)cc3c1B2c1ccc(-n2c4c([2H])c([2H])c([2H])c([2H])c4c4c(-c5ccccc5)c([2H])c([2H])c([2H])c42)cc1N3c1c(-c2cccc(-c3ccccc3)c2)cc(C(C)(C)C)cc1-c1cc2c3ccccc3n3c4ccccc4c(c1)c23. The van der Waals surface area contributed by atoms with E-state index < -0.39 is 65.9 Å². The van der Waals surface area contributed by atoms with Crippen LogP contribution >= 0.6 is 0 Å². The predicted molar refractivity (Wildman–Crippen MR) is 629 cm³/mol. The summed E-state index contributed by atoms with van der Waals surface area (Å²) < 4.78 is 154. The van der Waals surface area contributed by atoms with Crippen LogP contribution in [0.4, 0.5) is 34.1 Å². The van der Waals surface area contributed by atoms with Crippen molar-refractivity contribution in [3.63, 3.8) is 0 Å². The van der Waals surface area contributed by atoms with E-state index in [2.05, 4.69) is 362 Å². The summed E-state index contributed by atoms with van der Waals surface area (Å²) in [5, 5.41) is 13.3. The van der Waals surface area contributed by atoms with E-state index in [-0.39, 0.29) is 91.0 Å². The molecule has 0 atom stereocenters. The average Bonchev–Trinajstić information content (AvgIpc) is 0.698. The number of fused-ring (bicyclic) bond motifs is 28. The van der Waals surface area contributed by atoms with Gasteiger partial charge in [0.15, 0.2) is 0 Å². The number of nitrogens with zero attached hydrogens (tertiary/aromatic N) is 7. The van der Waals surface area contributed by atoms with Gasteiger partial charge in [-0.1, -0.05) is 351 Å². The molecular weight excluding hydrogens is 1790 g/mol. The first-order valence-corrected chi connectivity index (χ1v) is 50.8. The molecule has 32 rings (SSSR count). The van der Waals surface area contributed by atoms with Gasteiger partial charge in [0.2, 0.25) is 0 Å². The van der Waals surface area contributed by atoms with Gasteiger partial charge >= 0.3 is 0 Å². The highest BCUT2D eigenvalue weighted by atomic mass is 15.2. The summed E-state index contributed by atoms with van der Waals surface area (Å²) in [6.45, 7) is 12.7. The molecular formula is C140H94BN7. The molecule has 0 fully saturated rings. The summed E-state index contributed by atoms with van der Waals surface area (Å²) in [7, 11) is 0. The Balaban J connectivity index is 0.791. The minimum atomic E-state index is -0.864. The number of para-hydroxylation sites is 9. The van der Waals surface area contributed by atoms with Gasteiger partial charge in [0.25, 0.3) is 6.71 Å². The third-order valence-corrected chi connectivity index (χ3v) is 32.3. The van der Waals surface area contributed by atoms with Gasteiger partial charge in [-0.25, -0.2) is 0 Å². The third-order valence-electron chi connectivity index (χ3n) is 32.3. The molecule has 0 amide bonds. The first-order chi connectivity index (χ1) is 78.6. The van der Waals surface area contributed by atoms with Crippen LogP contribution in [0.2, 0.25) is 0 Å². The van der Waals surface area contributed by atoms with Crippen molar-refractivity contribution in [2.45, 2.75) is 52.4 Å². The van der Waals surface area contributed by atoms with Crippen molar-refractivity contribution in [1.29, 1.82) is 0 Å². The van der Waals surface area contributed by atoms with Crippen LogP contribution in [0, 0.1) is 0 Å². The standard InChI is InChI=1S/C140H94BN7/c1-139(2,3)91-77-107(87-43-32-42-86(70-87)83-36-10-7-11-37-83)135(108(78-91)90-75-113-103-48-20-28-60-121(103)146-122-61-29-21-49-104(122)114(76-90)138(113)146)148-128-82-94(143-124-63-31-23-51-106(124)132-96(53-35-65-126(132)143)85-40-14-9-15-41-85)67-69-116(128)141-115-68-66-93(142-123-62-30-22-50-105(123)131-95(52-34-64-125(131)142)84-38-12-8-13-39-84)81-127(115)147(129-79-92(140(4,5)6)80-130(148)133(129)141)134-97(88-71-109-99-44-16-24-56-117(99)144-118-57-25-17-45-100(118)110(72-88)136(109)144)54-33-55-98(134)89-73-111-101-46-18-26-58-119(101)145-120-59-27-19-47-102(120)112(74-89)137(111)145/h7-82H,1-6H3/i22D,23D,30D,31D,34D,35D,50D,51D,52D,53D,62D,63D,64D,65D. The van der Waals surface area contributed by atoms with E-state index in [1.807, 2.05) is 78.9 Å². The van der Waals surface area contributed by atoms with Crippen LogP contribution in [0.25, 0.3) is 247 Å². The lowest BCUT2D eigenvalue weighted by Gasteiger charge is -2.46. The van der Waals surface area contributed by atoms with Crippen molar-refractivity contribution in [3.05, 3.63) is 472 Å². The lowest BCUT2D eigenvalue weighted by Crippen LogP contribution is -2.61. The molecule has 0 unspecified atom stereocenters. The molecule has 30 aromatic rings. The summed E-state index contributed by atoms with van der Waals surface area (Å²) in [4.78, 5) is 4.99. The van der Waals surface area contributed by atoms with Crippen molar-refractivity contribution >= 4 is 215 Å². The normalized spacial score (nSPS) is 14.4. The van der Waals surface area contributed by atoms with Gasteiger partial charge in [0.1, 0.15) is 0 Å². The molecule has 0 aliphatic carbocycles. The molecule has 2 aliphatic rings. The Morgan fingerprint density at radius 3 is 0.919 bits per heavy atom. The summed E-state index contributed by atoms with van der Waals surface area (Å²) >= 11 is 0. The van der Waals surface area contributed by atoms with Crippen LogP contribution in [0.1, 0.15) is 71.9 Å². The molecule has 7 nitrogen and oxygen atoms in total. The van der Waals surface area contributed by atoms with E-state index >= 15 is 0 Å². The molecule has 8 aromatic heterocycles. The minimum absolute atomic E-state index is 0.0370. The largest absolute Gasteiger partial charge is 0.310 e. The smallest absolute Gasteiger partial charge is 0.252 e. The zero-order valence-electron chi connectivity index (χ0n) is 95.5. The number of hydrogen-bond donors (Lipinski definition) is 0. The fraction of sp³-hybridized carbons (Fsp3) is 0.0571. The monoisotopic (exact) mass is 1900 g/mol. The van der Waals surface area contributed by atoms with E-state index in [1.54, 1.807) is 9.13 Å². The van der Waals surface area contributed by atoms with Crippen molar-refractivity contribution in [1.82, 2.24) is 22.3 Å². The lowest BCUT2D eigenvalue weighted by molar-refractivity contribution is 0.590. The minimum Gasteiger partial charge on any atom is -0.310 e. The molecule has 0 radical (unpaired) electrons. The Morgan fingerprint density at radius 1 is 0.209 bits per heavy atom. The van der Waals surface area contributed by atoms with Gasteiger partial charge in [-0.2, -0.15) is 0 Å². The molecule has 22 aromatic carbocycles.